The van der Waals surface area contributed by atoms with Crippen molar-refractivity contribution in [2.75, 3.05) is 23.3 Å². The standard InChI is InChI=1S/C15H12ClF3N6/c16-12-5-9(15(17,18)19)7-21-14(12)25-4-3-11(8-25)22-13-2-1-10(6-20)23-24-13/h1-2,5,7,11H,3-4,8H2,(H,22,24). The average molecular weight is 369 g/mol. The van der Waals surface area contributed by atoms with Gasteiger partial charge in [0.15, 0.2) is 5.69 Å². The second-order valence-electron chi connectivity index (χ2n) is 5.52. The summed E-state index contributed by atoms with van der Waals surface area (Å²) in [6.45, 7) is 1.11. The predicted octanol–water partition coefficient (Wildman–Crippen LogP) is 3.11. The van der Waals surface area contributed by atoms with Crippen LogP contribution in [0.1, 0.15) is 17.7 Å². The molecule has 0 aromatic carbocycles. The molecule has 6 nitrogen and oxygen atoms in total. The zero-order valence-electron chi connectivity index (χ0n) is 12.8. The fraction of sp³-hybridized carbons (Fsp3) is 0.333. The minimum Gasteiger partial charge on any atom is -0.364 e. The van der Waals surface area contributed by atoms with Crippen LogP contribution in [0.5, 0.6) is 0 Å². The number of pyridine rings is 1. The van der Waals surface area contributed by atoms with Gasteiger partial charge < -0.3 is 10.2 Å². The molecule has 0 spiro atoms. The molecule has 1 N–H and O–H groups in total. The van der Waals surface area contributed by atoms with E-state index in [1.807, 2.05) is 11.0 Å². The van der Waals surface area contributed by atoms with Gasteiger partial charge in [0.2, 0.25) is 0 Å². The van der Waals surface area contributed by atoms with Crippen molar-refractivity contribution in [2.24, 2.45) is 0 Å². The largest absolute Gasteiger partial charge is 0.417 e. The van der Waals surface area contributed by atoms with Gasteiger partial charge in [0, 0.05) is 25.3 Å². The van der Waals surface area contributed by atoms with E-state index in [9.17, 15) is 13.2 Å². The zero-order valence-corrected chi connectivity index (χ0v) is 13.5. The van der Waals surface area contributed by atoms with Gasteiger partial charge in [0.1, 0.15) is 17.7 Å². The molecule has 0 aliphatic carbocycles. The average Bonchev–Trinajstić information content (AvgIpc) is 3.03. The van der Waals surface area contributed by atoms with Gasteiger partial charge in [-0.25, -0.2) is 4.98 Å². The Balaban J connectivity index is 1.67. The summed E-state index contributed by atoms with van der Waals surface area (Å²) in [5, 5.41) is 19.5. The normalized spacial score (nSPS) is 17.4. The van der Waals surface area contributed by atoms with Crippen molar-refractivity contribution in [1.29, 1.82) is 5.26 Å². The monoisotopic (exact) mass is 368 g/mol. The van der Waals surface area contributed by atoms with E-state index in [0.717, 1.165) is 18.7 Å². The third-order valence-electron chi connectivity index (χ3n) is 3.77. The molecule has 1 aliphatic heterocycles. The van der Waals surface area contributed by atoms with Crippen molar-refractivity contribution in [3.05, 3.63) is 40.7 Å². The summed E-state index contributed by atoms with van der Waals surface area (Å²) in [4.78, 5) is 5.69. The van der Waals surface area contributed by atoms with Gasteiger partial charge in [-0.05, 0) is 24.6 Å². The van der Waals surface area contributed by atoms with Gasteiger partial charge in [-0.2, -0.15) is 18.4 Å². The van der Waals surface area contributed by atoms with Crippen LogP contribution < -0.4 is 10.2 Å². The van der Waals surface area contributed by atoms with E-state index in [1.165, 1.54) is 0 Å². The van der Waals surface area contributed by atoms with Crippen LogP contribution in [0.15, 0.2) is 24.4 Å². The highest BCUT2D eigenvalue weighted by molar-refractivity contribution is 6.33. The number of nitrogens with one attached hydrogen (secondary N) is 1. The maximum absolute atomic E-state index is 12.7. The molecule has 0 saturated carbocycles. The lowest BCUT2D eigenvalue weighted by molar-refractivity contribution is -0.137. The number of anilines is 2. The number of alkyl halides is 3. The molecule has 1 unspecified atom stereocenters. The van der Waals surface area contributed by atoms with E-state index in [2.05, 4.69) is 20.5 Å². The first-order valence-electron chi connectivity index (χ1n) is 7.35. The van der Waals surface area contributed by atoms with Crippen molar-refractivity contribution in [3.63, 3.8) is 0 Å². The first-order valence-corrected chi connectivity index (χ1v) is 7.72. The molecule has 2 aromatic heterocycles. The molecule has 1 fully saturated rings. The Morgan fingerprint density at radius 2 is 2.12 bits per heavy atom. The predicted molar refractivity (Wildman–Crippen MR) is 85.2 cm³/mol. The molecule has 3 heterocycles. The molecule has 3 rings (SSSR count). The van der Waals surface area contributed by atoms with Crippen LogP contribution in [0, 0.1) is 11.3 Å². The van der Waals surface area contributed by atoms with Crippen LogP contribution in [0.4, 0.5) is 24.8 Å². The van der Waals surface area contributed by atoms with E-state index in [1.54, 1.807) is 12.1 Å². The molecule has 0 radical (unpaired) electrons. The number of halogens is 4. The lowest BCUT2D eigenvalue weighted by atomic mass is 10.2. The Kier molecular flexibility index (Phi) is 4.63. The maximum Gasteiger partial charge on any atom is 0.417 e. The molecule has 1 aliphatic rings. The van der Waals surface area contributed by atoms with Crippen molar-refractivity contribution < 1.29 is 13.2 Å². The first kappa shape index (κ1) is 17.2. The number of nitriles is 1. The molecular formula is C15H12ClF3N6. The van der Waals surface area contributed by atoms with Crippen molar-refractivity contribution in [3.8, 4) is 6.07 Å². The lowest BCUT2D eigenvalue weighted by Gasteiger charge is -2.20. The van der Waals surface area contributed by atoms with Crippen molar-refractivity contribution >= 4 is 23.2 Å². The highest BCUT2D eigenvalue weighted by atomic mass is 35.5. The third kappa shape index (κ3) is 3.91. The van der Waals surface area contributed by atoms with Crippen LogP contribution >= 0.6 is 11.6 Å². The molecular weight excluding hydrogens is 357 g/mol. The van der Waals surface area contributed by atoms with Crippen LogP contribution in [0.25, 0.3) is 0 Å². The Morgan fingerprint density at radius 3 is 2.72 bits per heavy atom. The topological polar surface area (TPSA) is 77.7 Å². The molecule has 10 heteroatoms. The summed E-state index contributed by atoms with van der Waals surface area (Å²) in [6, 6.07) is 5.99. The fourth-order valence-electron chi connectivity index (χ4n) is 2.57. The van der Waals surface area contributed by atoms with E-state index < -0.39 is 11.7 Å². The number of aromatic nitrogens is 3. The summed E-state index contributed by atoms with van der Waals surface area (Å²) in [5.41, 5.74) is -0.651. The molecule has 1 atom stereocenters. The SMILES string of the molecule is N#Cc1ccc(NC2CCN(c3ncc(C(F)(F)F)cc3Cl)C2)nn1. The highest BCUT2D eigenvalue weighted by Gasteiger charge is 2.33. The molecule has 2 aromatic rings. The Labute approximate surface area is 146 Å². The van der Waals surface area contributed by atoms with Gasteiger partial charge in [0.25, 0.3) is 0 Å². The van der Waals surface area contributed by atoms with E-state index in [-0.39, 0.29) is 16.8 Å². The van der Waals surface area contributed by atoms with Gasteiger partial charge in [0.05, 0.1) is 10.6 Å². The minimum absolute atomic E-state index is 0.0161. The van der Waals surface area contributed by atoms with Gasteiger partial charge in [-0.1, -0.05) is 11.6 Å². The molecule has 0 bridgehead atoms. The summed E-state index contributed by atoms with van der Waals surface area (Å²) in [7, 11) is 0. The Morgan fingerprint density at radius 1 is 1.32 bits per heavy atom. The molecule has 25 heavy (non-hydrogen) atoms. The fourth-order valence-corrected chi connectivity index (χ4v) is 2.85. The van der Waals surface area contributed by atoms with Crippen molar-refractivity contribution in [1.82, 2.24) is 15.2 Å². The van der Waals surface area contributed by atoms with Crippen LogP contribution in [-0.4, -0.2) is 34.3 Å². The summed E-state index contributed by atoms with van der Waals surface area (Å²) in [5.74, 6) is 0.849. The number of hydrogen-bond acceptors (Lipinski definition) is 6. The summed E-state index contributed by atoms with van der Waals surface area (Å²) in [6.07, 6.45) is -2.95. The third-order valence-corrected chi connectivity index (χ3v) is 4.05. The lowest BCUT2D eigenvalue weighted by Crippen LogP contribution is -2.27. The van der Waals surface area contributed by atoms with Crippen LogP contribution in [0.3, 0.4) is 0 Å². The van der Waals surface area contributed by atoms with Crippen molar-refractivity contribution in [2.45, 2.75) is 18.6 Å². The Hall–Kier alpha value is -2.60. The number of hydrogen-bond donors (Lipinski definition) is 1. The maximum atomic E-state index is 12.7. The highest BCUT2D eigenvalue weighted by Crippen LogP contribution is 2.34. The zero-order chi connectivity index (χ0) is 18.0. The summed E-state index contributed by atoms with van der Waals surface area (Å²) < 4.78 is 38.0. The van der Waals surface area contributed by atoms with E-state index >= 15 is 0 Å². The van der Waals surface area contributed by atoms with Gasteiger partial charge >= 0.3 is 6.18 Å². The second kappa shape index (κ2) is 6.72. The number of nitrogens with zero attached hydrogens (tertiary/aromatic N) is 5. The Bertz CT molecular complexity index is 802. The molecule has 0 amide bonds. The molecule has 1 saturated heterocycles. The van der Waals surface area contributed by atoms with Crippen LogP contribution in [-0.2, 0) is 6.18 Å². The molecule has 130 valence electrons. The first-order chi connectivity index (χ1) is 11.9. The summed E-state index contributed by atoms with van der Waals surface area (Å²) >= 11 is 5.98. The van der Waals surface area contributed by atoms with E-state index in [0.29, 0.717) is 24.7 Å². The van der Waals surface area contributed by atoms with E-state index in [4.69, 9.17) is 16.9 Å². The van der Waals surface area contributed by atoms with Crippen LogP contribution in [0.2, 0.25) is 5.02 Å². The van der Waals surface area contributed by atoms with Gasteiger partial charge in [-0.15, -0.1) is 10.2 Å². The smallest absolute Gasteiger partial charge is 0.364 e. The number of rotatable bonds is 3. The second-order valence-corrected chi connectivity index (χ2v) is 5.93. The minimum atomic E-state index is -4.47. The van der Waals surface area contributed by atoms with Gasteiger partial charge in [-0.3, -0.25) is 0 Å². The quantitative estimate of drug-likeness (QED) is 0.897.